The van der Waals surface area contributed by atoms with Crippen molar-refractivity contribution in [1.82, 2.24) is 0 Å². The lowest BCUT2D eigenvalue weighted by atomic mass is 10.0. The molecule has 3 nitrogen and oxygen atoms in total. The Bertz CT molecular complexity index is 626. The van der Waals surface area contributed by atoms with Gasteiger partial charge in [-0.1, -0.05) is 6.07 Å². The fourth-order valence-corrected chi connectivity index (χ4v) is 2.01. The predicted octanol–water partition coefficient (Wildman–Crippen LogP) is 3.41. The van der Waals surface area contributed by atoms with E-state index in [1.54, 1.807) is 18.2 Å². The molecule has 0 aliphatic rings. The summed E-state index contributed by atoms with van der Waals surface area (Å²) in [6, 6.07) is 8.23. The molecule has 0 heterocycles. The topological polar surface area (TPSA) is 35.5 Å². The number of benzene rings is 2. The van der Waals surface area contributed by atoms with Crippen molar-refractivity contribution in [2.45, 2.75) is 6.42 Å². The van der Waals surface area contributed by atoms with Crippen LogP contribution in [0.3, 0.4) is 0 Å². The Balaban J connectivity index is 2.31. The van der Waals surface area contributed by atoms with Gasteiger partial charge in [0.1, 0.15) is 23.1 Å². The first-order chi connectivity index (χ1) is 10.0. The summed E-state index contributed by atoms with van der Waals surface area (Å²) in [5.74, 6) is -1.36. The van der Waals surface area contributed by atoms with Crippen LogP contribution in [0, 0.1) is 11.6 Å². The predicted molar refractivity (Wildman–Crippen MR) is 73.9 cm³/mol. The van der Waals surface area contributed by atoms with E-state index in [4.69, 9.17) is 9.47 Å². The van der Waals surface area contributed by atoms with Crippen LogP contribution in [0.15, 0.2) is 36.4 Å². The number of rotatable bonds is 5. The highest BCUT2D eigenvalue weighted by molar-refractivity contribution is 5.98. The monoisotopic (exact) mass is 292 g/mol. The van der Waals surface area contributed by atoms with Crippen LogP contribution in [0.5, 0.6) is 11.5 Å². The van der Waals surface area contributed by atoms with Crippen molar-refractivity contribution in [1.29, 1.82) is 0 Å². The molecule has 0 saturated carbocycles. The number of methoxy groups -OCH3 is 2. The van der Waals surface area contributed by atoms with E-state index in [1.165, 1.54) is 20.3 Å². The van der Waals surface area contributed by atoms with Crippen LogP contribution in [0.1, 0.15) is 15.9 Å². The van der Waals surface area contributed by atoms with Crippen LogP contribution in [-0.2, 0) is 6.42 Å². The minimum Gasteiger partial charge on any atom is -0.497 e. The van der Waals surface area contributed by atoms with Crippen molar-refractivity contribution >= 4 is 5.78 Å². The fourth-order valence-electron chi connectivity index (χ4n) is 2.01. The second-order valence-corrected chi connectivity index (χ2v) is 4.42. The zero-order valence-electron chi connectivity index (χ0n) is 11.7. The Kier molecular flexibility index (Phi) is 4.52. The van der Waals surface area contributed by atoms with E-state index in [2.05, 4.69) is 0 Å². The molecule has 0 unspecified atom stereocenters. The molecule has 0 aliphatic heterocycles. The van der Waals surface area contributed by atoms with Crippen molar-refractivity contribution in [3.8, 4) is 11.5 Å². The van der Waals surface area contributed by atoms with Crippen LogP contribution in [0.2, 0.25) is 0 Å². The van der Waals surface area contributed by atoms with Gasteiger partial charge in [0, 0.05) is 12.5 Å². The molecule has 0 atom stereocenters. The molecule has 2 aromatic rings. The maximum atomic E-state index is 13.6. The standard InChI is InChI=1S/C16H14F2O3/c1-20-11-6-10(7-12(9-11)21-2)8-15(19)16-13(17)4-3-5-14(16)18/h3-7,9H,8H2,1-2H3. The summed E-state index contributed by atoms with van der Waals surface area (Å²) in [7, 11) is 2.97. The number of hydrogen-bond acceptors (Lipinski definition) is 3. The zero-order chi connectivity index (χ0) is 15.4. The molecule has 0 amide bonds. The average Bonchev–Trinajstić information content (AvgIpc) is 2.46. The summed E-state index contributed by atoms with van der Waals surface area (Å²) in [6.07, 6.45) is -0.147. The zero-order valence-corrected chi connectivity index (χ0v) is 11.7. The largest absolute Gasteiger partial charge is 0.497 e. The average molecular weight is 292 g/mol. The van der Waals surface area contributed by atoms with Crippen molar-refractivity contribution in [2.75, 3.05) is 14.2 Å². The highest BCUT2D eigenvalue weighted by Crippen LogP contribution is 2.24. The highest BCUT2D eigenvalue weighted by atomic mass is 19.1. The SMILES string of the molecule is COc1cc(CC(=O)c2c(F)cccc2F)cc(OC)c1. The fraction of sp³-hybridized carbons (Fsp3) is 0.188. The number of ketones is 1. The van der Waals surface area contributed by atoms with Gasteiger partial charge in [-0.3, -0.25) is 4.79 Å². The number of halogens is 2. The molecule has 2 rings (SSSR count). The van der Waals surface area contributed by atoms with Gasteiger partial charge < -0.3 is 9.47 Å². The van der Waals surface area contributed by atoms with Crippen LogP contribution in [0.25, 0.3) is 0 Å². The Morgan fingerprint density at radius 1 is 1.00 bits per heavy atom. The van der Waals surface area contributed by atoms with E-state index in [9.17, 15) is 13.6 Å². The van der Waals surface area contributed by atoms with Gasteiger partial charge in [-0.05, 0) is 29.8 Å². The van der Waals surface area contributed by atoms with Gasteiger partial charge in [0.15, 0.2) is 5.78 Å². The Hall–Kier alpha value is -2.43. The summed E-state index contributed by atoms with van der Waals surface area (Å²) in [6.45, 7) is 0. The van der Waals surface area contributed by atoms with Gasteiger partial charge in [-0.15, -0.1) is 0 Å². The molecule has 0 fully saturated rings. The quantitative estimate of drug-likeness (QED) is 0.792. The first-order valence-corrected chi connectivity index (χ1v) is 6.24. The second kappa shape index (κ2) is 6.35. The van der Waals surface area contributed by atoms with E-state index >= 15 is 0 Å². The van der Waals surface area contributed by atoms with Crippen LogP contribution in [0.4, 0.5) is 8.78 Å². The van der Waals surface area contributed by atoms with Gasteiger partial charge in [-0.25, -0.2) is 8.78 Å². The molecule has 0 aliphatic carbocycles. The van der Waals surface area contributed by atoms with E-state index in [0.29, 0.717) is 17.1 Å². The van der Waals surface area contributed by atoms with E-state index in [1.807, 2.05) is 0 Å². The summed E-state index contributed by atoms with van der Waals surface area (Å²) in [5, 5.41) is 0. The van der Waals surface area contributed by atoms with Crippen LogP contribution >= 0.6 is 0 Å². The molecule has 21 heavy (non-hydrogen) atoms. The summed E-state index contributed by atoms with van der Waals surface area (Å²) < 4.78 is 37.4. The molecular weight excluding hydrogens is 278 g/mol. The lowest BCUT2D eigenvalue weighted by molar-refractivity contribution is 0.0985. The Labute approximate surface area is 121 Å². The lowest BCUT2D eigenvalue weighted by Gasteiger charge is -2.09. The van der Waals surface area contributed by atoms with Crippen molar-refractivity contribution in [3.05, 3.63) is 59.2 Å². The first kappa shape index (κ1) is 15.0. The van der Waals surface area contributed by atoms with Gasteiger partial charge in [0.05, 0.1) is 19.8 Å². The van der Waals surface area contributed by atoms with Gasteiger partial charge in [0.25, 0.3) is 0 Å². The molecule has 110 valence electrons. The smallest absolute Gasteiger partial charge is 0.173 e. The molecule has 0 radical (unpaired) electrons. The van der Waals surface area contributed by atoms with Crippen molar-refractivity contribution < 1.29 is 23.0 Å². The third-order valence-corrected chi connectivity index (χ3v) is 3.02. The summed E-state index contributed by atoms with van der Waals surface area (Å²) in [4.78, 5) is 12.1. The molecular formula is C16H14F2O3. The Morgan fingerprint density at radius 3 is 2.00 bits per heavy atom. The molecule has 5 heteroatoms. The molecule has 0 saturated heterocycles. The maximum Gasteiger partial charge on any atom is 0.173 e. The number of carbonyl (C=O) groups is 1. The van der Waals surface area contributed by atoms with Crippen molar-refractivity contribution in [2.24, 2.45) is 0 Å². The third kappa shape index (κ3) is 3.37. The van der Waals surface area contributed by atoms with Crippen molar-refractivity contribution in [3.63, 3.8) is 0 Å². The normalized spacial score (nSPS) is 10.3. The number of carbonyl (C=O) groups excluding carboxylic acids is 1. The molecule has 2 aromatic carbocycles. The molecule has 0 N–H and O–H groups in total. The minimum absolute atomic E-state index is 0.147. The second-order valence-electron chi connectivity index (χ2n) is 4.42. The summed E-state index contributed by atoms with van der Waals surface area (Å²) >= 11 is 0. The molecule has 0 aromatic heterocycles. The van der Waals surface area contributed by atoms with Crippen LogP contribution < -0.4 is 9.47 Å². The number of ether oxygens (including phenoxy) is 2. The van der Waals surface area contributed by atoms with E-state index < -0.39 is 23.0 Å². The van der Waals surface area contributed by atoms with Gasteiger partial charge in [0.2, 0.25) is 0 Å². The first-order valence-electron chi connectivity index (χ1n) is 6.24. The third-order valence-electron chi connectivity index (χ3n) is 3.02. The highest BCUT2D eigenvalue weighted by Gasteiger charge is 2.18. The molecule has 0 bridgehead atoms. The van der Waals surface area contributed by atoms with Crippen LogP contribution in [-0.4, -0.2) is 20.0 Å². The summed E-state index contributed by atoms with van der Waals surface area (Å²) in [5.41, 5.74) is 0.0261. The maximum absolute atomic E-state index is 13.6. The molecule has 0 spiro atoms. The van der Waals surface area contributed by atoms with Gasteiger partial charge in [-0.2, -0.15) is 0 Å². The minimum atomic E-state index is -0.866. The number of Topliss-reactive ketones (excluding diaryl/α,β-unsaturated/α-hetero) is 1. The van der Waals surface area contributed by atoms with E-state index in [-0.39, 0.29) is 6.42 Å². The van der Waals surface area contributed by atoms with E-state index in [0.717, 1.165) is 12.1 Å². The lowest BCUT2D eigenvalue weighted by Crippen LogP contribution is -2.09. The van der Waals surface area contributed by atoms with Gasteiger partial charge >= 0.3 is 0 Å². The number of hydrogen-bond donors (Lipinski definition) is 0. The Morgan fingerprint density at radius 2 is 1.52 bits per heavy atom.